The number of hydrogen-bond donors (Lipinski definition) is 0. The first-order chi connectivity index (χ1) is 15.3. The summed E-state index contributed by atoms with van der Waals surface area (Å²) in [6, 6.07) is 7.19. The Bertz CT molecular complexity index is 1130. The number of aromatic nitrogens is 3. The lowest BCUT2D eigenvalue weighted by molar-refractivity contribution is 0.0769. The van der Waals surface area contributed by atoms with E-state index in [1.165, 1.54) is 18.5 Å². The number of halogens is 3. The average Bonchev–Trinajstić information content (AvgIpc) is 3.23. The summed E-state index contributed by atoms with van der Waals surface area (Å²) in [6.45, 7) is 4.25. The Morgan fingerprint density at radius 2 is 1.91 bits per heavy atom. The van der Waals surface area contributed by atoms with Crippen LogP contribution in [0.15, 0.2) is 48.9 Å². The van der Waals surface area contributed by atoms with Gasteiger partial charge in [0.15, 0.2) is 11.6 Å². The van der Waals surface area contributed by atoms with Crippen LogP contribution in [0.1, 0.15) is 34.6 Å². The summed E-state index contributed by atoms with van der Waals surface area (Å²) in [6.07, 6.45) is 4.13. The van der Waals surface area contributed by atoms with E-state index in [1.807, 2.05) is 6.92 Å². The van der Waals surface area contributed by atoms with Crippen LogP contribution in [-0.2, 0) is 0 Å². The predicted molar refractivity (Wildman–Crippen MR) is 115 cm³/mol. The molecule has 0 bridgehead atoms. The number of benzene rings is 1. The number of pyridine rings is 1. The standard InChI is InChI=1S/C23H21ClF2N4O2/c1-13(32-22-19(24)4-3-7-27-22)17-11-30(23(31)16-9-28-14(2)29-10-16)12-18(17)15-5-6-20(25)21(26)8-15/h3-10,13,17-18H,11-12H2,1-2H3/t13-,17+,18+/m0/s1. The van der Waals surface area contributed by atoms with Gasteiger partial charge in [0, 0.05) is 43.5 Å². The molecule has 0 N–H and O–H groups in total. The van der Waals surface area contributed by atoms with Crippen LogP contribution in [0.5, 0.6) is 5.88 Å². The molecule has 3 heterocycles. The van der Waals surface area contributed by atoms with Gasteiger partial charge in [0.2, 0.25) is 5.88 Å². The fraction of sp³-hybridized carbons (Fsp3) is 0.304. The van der Waals surface area contributed by atoms with Crippen LogP contribution in [0, 0.1) is 24.5 Å². The Hall–Kier alpha value is -3.13. The highest BCUT2D eigenvalue weighted by Gasteiger charge is 2.41. The SMILES string of the molecule is Cc1ncc(C(=O)N2C[C@H]([C@H](C)Oc3ncccc3Cl)[C@@H](c3ccc(F)c(F)c3)C2)cn1. The van der Waals surface area contributed by atoms with E-state index in [2.05, 4.69) is 15.0 Å². The maximum absolute atomic E-state index is 14.0. The minimum atomic E-state index is -0.931. The summed E-state index contributed by atoms with van der Waals surface area (Å²) in [7, 11) is 0. The second kappa shape index (κ2) is 9.16. The summed E-state index contributed by atoms with van der Waals surface area (Å²) in [5.41, 5.74) is 0.952. The summed E-state index contributed by atoms with van der Waals surface area (Å²) in [4.78, 5) is 27.1. The molecule has 9 heteroatoms. The molecule has 3 aromatic rings. The van der Waals surface area contributed by atoms with Gasteiger partial charge in [0.1, 0.15) is 17.0 Å². The molecule has 0 aliphatic carbocycles. The van der Waals surface area contributed by atoms with E-state index in [1.54, 1.807) is 36.2 Å². The van der Waals surface area contributed by atoms with Crippen LogP contribution in [-0.4, -0.2) is 45.0 Å². The predicted octanol–water partition coefficient (Wildman–Crippen LogP) is 4.43. The fourth-order valence-corrected chi connectivity index (χ4v) is 4.14. The van der Waals surface area contributed by atoms with Crippen LogP contribution in [0.4, 0.5) is 8.78 Å². The molecular formula is C23H21ClF2N4O2. The van der Waals surface area contributed by atoms with Crippen LogP contribution in [0.2, 0.25) is 5.02 Å². The van der Waals surface area contributed by atoms with Gasteiger partial charge in [-0.1, -0.05) is 17.7 Å². The molecule has 2 aromatic heterocycles. The minimum Gasteiger partial charge on any atom is -0.473 e. The number of amides is 1. The third-order valence-corrected chi connectivity index (χ3v) is 5.96. The van der Waals surface area contributed by atoms with Gasteiger partial charge in [0.05, 0.1) is 5.56 Å². The van der Waals surface area contributed by atoms with Crippen molar-refractivity contribution < 1.29 is 18.3 Å². The van der Waals surface area contributed by atoms with Crippen LogP contribution in [0.25, 0.3) is 0 Å². The summed E-state index contributed by atoms with van der Waals surface area (Å²) in [5.74, 6) is -1.73. The van der Waals surface area contributed by atoms with Crippen molar-refractivity contribution in [1.82, 2.24) is 19.9 Å². The van der Waals surface area contributed by atoms with Crippen molar-refractivity contribution in [3.8, 4) is 5.88 Å². The molecule has 32 heavy (non-hydrogen) atoms. The number of ether oxygens (including phenoxy) is 1. The average molecular weight is 459 g/mol. The first kappa shape index (κ1) is 22.1. The van der Waals surface area contributed by atoms with Crippen LogP contribution < -0.4 is 4.74 Å². The number of carbonyl (C=O) groups is 1. The van der Waals surface area contributed by atoms with Gasteiger partial charge in [-0.25, -0.2) is 23.7 Å². The number of carbonyl (C=O) groups excluding carboxylic acids is 1. The molecule has 1 fully saturated rings. The number of likely N-dealkylation sites (tertiary alicyclic amines) is 1. The molecule has 3 atom stereocenters. The normalized spacial score (nSPS) is 19.1. The highest BCUT2D eigenvalue weighted by Crippen LogP contribution is 2.38. The van der Waals surface area contributed by atoms with Gasteiger partial charge < -0.3 is 9.64 Å². The number of aryl methyl sites for hydroxylation is 1. The van der Waals surface area contributed by atoms with Gasteiger partial charge in [-0.05, 0) is 43.7 Å². The molecule has 4 rings (SSSR count). The smallest absolute Gasteiger partial charge is 0.257 e. The van der Waals surface area contributed by atoms with E-state index in [0.717, 1.165) is 6.07 Å². The van der Waals surface area contributed by atoms with Gasteiger partial charge in [-0.3, -0.25) is 4.79 Å². The summed E-state index contributed by atoms with van der Waals surface area (Å²) in [5, 5.41) is 0.367. The molecule has 1 aliphatic heterocycles. The Morgan fingerprint density at radius 1 is 1.16 bits per heavy atom. The van der Waals surface area contributed by atoms with E-state index in [9.17, 15) is 13.6 Å². The first-order valence-corrected chi connectivity index (χ1v) is 10.5. The van der Waals surface area contributed by atoms with Crippen molar-refractivity contribution >= 4 is 17.5 Å². The first-order valence-electron chi connectivity index (χ1n) is 10.1. The minimum absolute atomic E-state index is 0.215. The largest absolute Gasteiger partial charge is 0.473 e. The van der Waals surface area contributed by atoms with Gasteiger partial charge in [-0.15, -0.1) is 0 Å². The zero-order chi connectivity index (χ0) is 22.8. The number of hydrogen-bond acceptors (Lipinski definition) is 5. The highest BCUT2D eigenvalue weighted by atomic mass is 35.5. The third-order valence-electron chi connectivity index (χ3n) is 5.68. The van der Waals surface area contributed by atoms with E-state index < -0.39 is 17.7 Å². The summed E-state index contributed by atoms with van der Waals surface area (Å²) >= 11 is 6.18. The molecule has 0 spiro atoms. The van der Waals surface area contributed by atoms with Crippen molar-refractivity contribution in [2.45, 2.75) is 25.9 Å². The Labute approximate surface area is 189 Å². The van der Waals surface area contributed by atoms with Crippen molar-refractivity contribution in [3.05, 3.63) is 82.5 Å². The second-order valence-corrected chi connectivity index (χ2v) is 8.19. The Morgan fingerprint density at radius 3 is 2.59 bits per heavy atom. The van der Waals surface area contributed by atoms with Crippen molar-refractivity contribution in [2.75, 3.05) is 13.1 Å². The number of nitrogens with zero attached hydrogens (tertiary/aromatic N) is 4. The van der Waals surface area contributed by atoms with Crippen LogP contribution in [0.3, 0.4) is 0 Å². The lowest BCUT2D eigenvalue weighted by Crippen LogP contribution is -2.32. The molecule has 1 aliphatic rings. The quantitative estimate of drug-likeness (QED) is 0.565. The van der Waals surface area contributed by atoms with Crippen LogP contribution >= 0.6 is 11.6 Å². The van der Waals surface area contributed by atoms with Gasteiger partial charge in [-0.2, -0.15) is 0 Å². The van der Waals surface area contributed by atoms with Crippen molar-refractivity contribution in [1.29, 1.82) is 0 Å². The highest BCUT2D eigenvalue weighted by molar-refractivity contribution is 6.31. The lowest BCUT2D eigenvalue weighted by atomic mass is 9.85. The summed E-state index contributed by atoms with van der Waals surface area (Å²) < 4.78 is 33.5. The van der Waals surface area contributed by atoms with Gasteiger partial charge in [0.25, 0.3) is 5.91 Å². The zero-order valence-electron chi connectivity index (χ0n) is 17.5. The second-order valence-electron chi connectivity index (χ2n) is 7.79. The maximum Gasteiger partial charge on any atom is 0.257 e. The molecule has 1 amide bonds. The monoisotopic (exact) mass is 458 g/mol. The molecule has 1 aromatic carbocycles. The fourth-order valence-electron chi connectivity index (χ4n) is 3.97. The Kier molecular flexibility index (Phi) is 6.32. The molecule has 0 unspecified atom stereocenters. The molecule has 1 saturated heterocycles. The molecule has 0 radical (unpaired) electrons. The topological polar surface area (TPSA) is 68.2 Å². The van der Waals surface area contributed by atoms with E-state index in [4.69, 9.17) is 16.3 Å². The van der Waals surface area contributed by atoms with Gasteiger partial charge >= 0.3 is 0 Å². The maximum atomic E-state index is 14.0. The molecular weight excluding hydrogens is 438 g/mol. The van der Waals surface area contributed by atoms with Crippen molar-refractivity contribution in [3.63, 3.8) is 0 Å². The molecule has 6 nitrogen and oxygen atoms in total. The van der Waals surface area contributed by atoms with Crippen molar-refractivity contribution in [2.24, 2.45) is 5.92 Å². The molecule has 166 valence electrons. The number of rotatable bonds is 5. The lowest BCUT2D eigenvalue weighted by Gasteiger charge is -2.25. The van der Waals surface area contributed by atoms with E-state index in [0.29, 0.717) is 35.1 Å². The molecule has 0 saturated carbocycles. The van der Waals surface area contributed by atoms with E-state index >= 15 is 0 Å². The zero-order valence-corrected chi connectivity index (χ0v) is 18.3. The van der Waals surface area contributed by atoms with E-state index in [-0.39, 0.29) is 23.6 Å². The Balaban J connectivity index is 1.62. The third kappa shape index (κ3) is 4.55.